The Bertz CT molecular complexity index is 2710. The van der Waals surface area contributed by atoms with E-state index in [4.69, 9.17) is 4.98 Å². The summed E-state index contributed by atoms with van der Waals surface area (Å²) in [5, 5.41) is 25.9. The van der Waals surface area contributed by atoms with E-state index in [0.717, 1.165) is 71.7 Å². The first-order valence-electron chi connectivity index (χ1n) is 15.8. The number of pyridine rings is 1. The molecular formula is C43H25N5. The summed E-state index contributed by atoms with van der Waals surface area (Å²) in [5.74, 6) is 0. The van der Waals surface area contributed by atoms with Crippen LogP contribution in [-0.2, 0) is 0 Å². The molecule has 0 aliphatic heterocycles. The van der Waals surface area contributed by atoms with Crippen LogP contribution in [0.25, 0.3) is 77.4 Å². The van der Waals surface area contributed by atoms with E-state index in [1.807, 2.05) is 78.9 Å². The number of nitrogens with zero attached hydrogens (tertiary/aromatic N) is 5. The number of para-hydroxylation sites is 5. The van der Waals surface area contributed by atoms with Crippen LogP contribution in [0.2, 0.25) is 0 Å². The summed E-state index contributed by atoms with van der Waals surface area (Å²) in [6.45, 7) is 0. The highest BCUT2D eigenvalue weighted by Gasteiger charge is 2.23. The Labute approximate surface area is 276 Å². The van der Waals surface area contributed by atoms with Gasteiger partial charge in [-0.2, -0.15) is 10.5 Å². The molecule has 0 fully saturated rings. The van der Waals surface area contributed by atoms with Crippen LogP contribution in [0.3, 0.4) is 0 Å². The third-order valence-electron chi connectivity index (χ3n) is 9.29. The Morgan fingerprint density at radius 3 is 1.50 bits per heavy atom. The van der Waals surface area contributed by atoms with Gasteiger partial charge in [0.05, 0.1) is 50.3 Å². The molecule has 3 heterocycles. The van der Waals surface area contributed by atoms with Crippen molar-refractivity contribution in [3.8, 4) is 45.9 Å². The molecule has 0 spiro atoms. The molecule has 0 aliphatic carbocycles. The second-order valence-electron chi connectivity index (χ2n) is 11.8. The standard InChI is InChI=1S/C43H25N5/c44-26-28-12-9-19-35(43(28)48-39-22-7-3-15-32(39)33-16-4-8-23-40(33)48)29-17-10-18-34(36(29)27-45)42-41(24-11-25-46-42)47-37-20-5-1-13-30(37)31-14-2-6-21-38(31)47/h1-25H. The fraction of sp³-hybridized carbons (Fsp3) is 0. The molecule has 0 amide bonds. The fourth-order valence-corrected chi connectivity index (χ4v) is 7.32. The Kier molecular flexibility index (Phi) is 6.18. The van der Waals surface area contributed by atoms with E-state index in [2.05, 4.69) is 88.0 Å². The monoisotopic (exact) mass is 611 g/mol. The Morgan fingerprint density at radius 2 is 0.938 bits per heavy atom. The van der Waals surface area contributed by atoms with Crippen LogP contribution in [-0.4, -0.2) is 14.1 Å². The van der Waals surface area contributed by atoms with E-state index in [1.165, 1.54) is 0 Å². The zero-order valence-corrected chi connectivity index (χ0v) is 25.7. The summed E-state index contributed by atoms with van der Waals surface area (Å²) in [7, 11) is 0. The smallest absolute Gasteiger partial charge is 0.101 e. The van der Waals surface area contributed by atoms with Crippen molar-refractivity contribution in [2.45, 2.75) is 0 Å². The van der Waals surface area contributed by atoms with Gasteiger partial charge in [0, 0.05) is 44.4 Å². The molecule has 0 aliphatic rings. The van der Waals surface area contributed by atoms with E-state index in [1.54, 1.807) is 6.20 Å². The first kappa shape index (κ1) is 27.4. The number of rotatable bonds is 4. The quantitative estimate of drug-likeness (QED) is 0.199. The molecule has 0 radical (unpaired) electrons. The highest BCUT2D eigenvalue weighted by Crippen LogP contribution is 2.42. The van der Waals surface area contributed by atoms with Crippen molar-refractivity contribution in [2.75, 3.05) is 0 Å². The Hall–Kier alpha value is -6.95. The van der Waals surface area contributed by atoms with Gasteiger partial charge in [0.1, 0.15) is 12.1 Å². The SMILES string of the molecule is N#Cc1cccc(-c2cccc(-c3ncccc3-n3c4ccccc4c4ccccc43)c2C#N)c1-n1c2ccccc2c2ccccc21. The highest BCUT2D eigenvalue weighted by atomic mass is 15.0. The predicted molar refractivity (Wildman–Crippen MR) is 193 cm³/mol. The fourth-order valence-electron chi connectivity index (χ4n) is 7.32. The summed E-state index contributed by atoms with van der Waals surface area (Å²) >= 11 is 0. The maximum atomic E-state index is 10.9. The van der Waals surface area contributed by atoms with Crippen LogP contribution in [0, 0.1) is 22.7 Å². The van der Waals surface area contributed by atoms with Crippen molar-refractivity contribution in [2.24, 2.45) is 0 Å². The van der Waals surface area contributed by atoms with Crippen LogP contribution < -0.4 is 0 Å². The summed E-state index contributed by atoms with van der Waals surface area (Å²) in [6, 6.07) is 53.9. The minimum absolute atomic E-state index is 0.496. The lowest BCUT2D eigenvalue weighted by molar-refractivity contribution is 1.14. The number of benzene rings is 6. The topological polar surface area (TPSA) is 70.3 Å². The molecule has 48 heavy (non-hydrogen) atoms. The van der Waals surface area contributed by atoms with Crippen molar-refractivity contribution < 1.29 is 0 Å². The summed E-state index contributed by atoms with van der Waals surface area (Å²) < 4.78 is 4.40. The zero-order valence-electron chi connectivity index (χ0n) is 25.7. The number of aromatic nitrogens is 3. The highest BCUT2D eigenvalue weighted by molar-refractivity contribution is 6.11. The van der Waals surface area contributed by atoms with E-state index >= 15 is 0 Å². The normalized spacial score (nSPS) is 11.3. The van der Waals surface area contributed by atoms with Crippen LogP contribution in [0.4, 0.5) is 0 Å². The lowest BCUT2D eigenvalue weighted by atomic mass is 9.91. The summed E-state index contributed by atoms with van der Waals surface area (Å²) in [5.41, 5.74) is 9.75. The second-order valence-corrected chi connectivity index (χ2v) is 11.8. The molecule has 0 atom stereocenters. The van der Waals surface area contributed by atoms with Gasteiger partial charge < -0.3 is 9.13 Å². The van der Waals surface area contributed by atoms with Crippen molar-refractivity contribution in [3.05, 3.63) is 163 Å². The largest absolute Gasteiger partial charge is 0.307 e. The van der Waals surface area contributed by atoms with E-state index in [0.29, 0.717) is 16.8 Å². The zero-order chi connectivity index (χ0) is 32.2. The second kappa shape index (κ2) is 10.8. The molecular weight excluding hydrogens is 587 g/mol. The maximum Gasteiger partial charge on any atom is 0.101 e. The number of hydrogen-bond donors (Lipinski definition) is 0. The minimum atomic E-state index is 0.496. The van der Waals surface area contributed by atoms with Gasteiger partial charge in [0.2, 0.25) is 0 Å². The van der Waals surface area contributed by atoms with Gasteiger partial charge in [-0.25, -0.2) is 0 Å². The molecule has 0 unspecified atom stereocenters. The van der Waals surface area contributed by atoms with Gasteiger partial charge in [0.15, 0.2) is 0 Å². The van der Waals surface area contributed by atoms with E-state index < -0.39 is 0 Å². The first-order chi connectivity index (χ1) is 23.8. The summed E-state index contributed by atoms with van der Waals surface area (Å²) in [6.07, 6.45) is 1.78. The van der Waals surface area contributed by atoms with Crippen molar-refractivity contribution in [1.82, 2.24) is 14.1 Å². The van der Waals surface area contributed by atoms with E-state index in [-0.39, 0.29) is 0 Å². The molecule has 5 nitrogen and oxygen atoms in total. The van der Waals surface area contributed by atoms with Gasteiger partial charge in [0.25, 0.3) is 0 Å². The van der Waals surface area contributed by atoms with Gasteiger partial charge in [-0.15, -0.1) is 0 Å². The molecule has 3 aromatic heterocycles. The molecule has 0 N–H and O–H groups in total. The van der Waals surface area contributed by atoms with Gasteiger partial charge >= 0.3 is 0 Å². The third-order valence-corrected chi connectivity index (χ3v) is 9.29. The molecule has 0 bridgehead atoms. The molecule has 6 aromatic carbocycles. The van der Waals surface area contributed by atoms with Gasteiger partial charge in [-0.05, 0) is 42.5 Å². The third kappa shape index (κ3) is 3.92. The molecule has 5 heteroatoms. The molecule has 0 saturated carbocycles. The average Bonchev–Trinajstić information content (AvgIpc) is 3.67. The predicted octanol–water partition coefficient (Wildman–Crippen LogP) is 10.4. The maximum absolute atomic E-state index is 10.9. The average molecular weight is 612 g/mol. The lowest BCUT2D eigenvalue weighted by Crippen LogP contribution is -2.03. The van der Waals surface area contributed by atoms with Crippen LogP contribution in [0.15, 0.2) is 152 Å². The minimum Gasteiger partial charge on any atom is -0.307 e. The lowest BCUT2D eigenvalue weighted by Gasteiger charge is -2.18. The van der Waals surface area contributed by atoms with Gasteiger partial charge in [-0.3, -0.25) is 4.98 Å². The Morgan fingerprint density at radius 1 is 0.438 bits per heavy atom. The molecule has 9 aromatic rings. The number of fused-ring (bicyclic) bond motifs is 6. The van der Waals surface area contributed by atoms with E-state index in [9.17, 15) is 10.5 Å². The van der Waals surface area contributed by atoms with Crippen molar-refractivity contribution in [3.63, 3.8) is 0 Å². The Balaban J connectivity index is 1.34. The number of hydrogen-bond acceptors (Lipinski definition) is 3. The molecule has 0 saturated heterocycles. The summed E-state index contributed by atoms with van der Waals surface area (Å²) in [4.78, 5) is 4.92. The van der Waals surface area contributed by atoms with Gasteiger partial charge in [-0.1, -0.05) is 103 Å². The van der Waals surface area contributed by atoms with Crippen LogP contribution >= 0.6 is 0 Å². The van der Waals surface area contributed by atoms with Crippen LogP contribution in [0.1, 0.15) is 11.1 Å². The number of nitriles is 2. The van der Waals surface area contributed by atoms with Crippen molar-refractivity contribution >= 4 is 43.6 Å². The molecule has 222 valence electrons. The van der Waals surface area contributed by atoms with Crippen LogP contribution in [0.5, 0.6) is 0 Å². The van der Waals surface area contributed by atoms with Crippen molar-refractivity contribution in [1.29, 1.82) is 10.5 Å². The molecule has 9 rings (SSSR count). The first-order valence-corrected chi connectivity index (χ1v) is 15.8.